The van der Waals surface area contributed by atoms with E-state index in [1.54, 1.807) is 6.92 Å². The Bertz CT molecular complexity index is 2520. The van der Waals surface area contributed by atoms with Gasteiger partial charge in [-0.2, -0.15) is 0 Å². The second-order valence-corrected chi connectivity index (χ2v) is 30.0. The molecule has 0 fully saturated rings. The van der Waals surface area contributed by atoms with Gasteiger partial charge < -0.3 is 0 Å². The first-order chi connectivity index (χ1) is 38.3. The summed E-state index contributed by atoms with van der Waals surface area (Å²) in [7, 11) is 0. The van der Waals surface area contributed by atoms with E-state index in [0.29, 0.717) is 16.5 Å². The summed E-state index contributed by atoms with van der Waals surface area (Å²) in [4.78, 5) is 0. The third-order valence-electron chi connectivity index (χ3n) is 13.8. The van der Waals surface area contributed by atoms with Crippen molar-refractivity contribution < 1.29 is 8.22 Å². The molecule has 0 bridgehead atoms. The summed E-state index contributed by atoms with van der Waals surface area (Å²) in [5.41, 5.74) is 16.4. The quantitative estimate of drug-likeness (QED) is 0.145. The lowest BCUT2D eigenvalue weighted by Crippen LogP contribution is -2.14. The van der Waals surface area contributed by atoms with Gasteiger partial charge >= 0.3 is 0 Å². The van der Waals surface area contributed by atoms with E-state index >= 15 is 0 Å². The van der Waals surface area contributed by atoms with Crippen LogP contribution in [0.5, 0.6) is 0 Å². The molecule has 448 valence electrons. The van der Waals surface area contributed by atoms with Crippen molar-refractivity contribution in [1.29, 1.82) is 0 Å². The highest BCUT2D eigenvalue weighted by Crippen LogP contribution is 2.32. The largest absolute Gasteiger partial charge is 0.0654 e. The zero-order chi connectivity index (χ0) is 67.2. The van der Waals surface area contributed by atoms with E-state index in [2.05, 4.69) is 258 Å². The topological polar surface area (TPSA) is 0 Å². The van der Waals surface area contributed by atoms with Crippen molar-refractivity contribution in [1.82, 2.24) is 0 Å². The van der Waals surface area contributed by atoms with Crippen LogP contribution in [0.3, 0.4) is 0 Å². The Morgan fingerprint density at radius 3 is 0.949 bits per heavy atom. The van der Waals surface area contributed by atoms with Crippen molar-refractivity contribution in [3.05, 3.63) is 176 Å². The Balaban J connectivity index is 0. The molecule has 0 saturated carbocycles. The van der Waals surface area contributed by atoms with Crippen LogP contribution in [0.1, 0.15) is 299 Å². The Kier molecular flexibility index (Phi) is 29.3. The average molecular weight is 1090 g/mol. The standard InChI is InChI=1S/2C12H18.3C11H16.2C11H24/c2*1-9-7-6-8-10(2)11(9)12(3,4)5;1-9-6-5-7-10(8-9)11(2,3)4;2*1-9-7-5-6-8-10(9)11(2,3)4;2*1-6-8-10(7-2)9-11(3,4)5/h2*6-8H,1-5H3;3*5-8H,1-4H3;2*10H,6-9H2,1-5H3/i;;5D,6D,7D,8D;;;9D2;. The van der Waals surface area contributed by atoms with Gasteiger partial charge in [0.2, 0.25) is 0 Å². The number of hydrogen-bond acceptors (Lipinski definition) is 0. The first-order valence-electron chi connectivity index (χ1n) is 33.7. The molecular formula is C79H132. The summed E-state index contributed by atoms with van der Waals surface area (Å²) in [6.07, 6.45) is 7.47. The smallest absolute Gasteiger partial charge is 0.0629 e. The maximum Gasteiger partial charge on any atom is 0.0629 e. The molecule has 79 heavy (non-hydrogen) atoms. The van der Waals surface area contributed by atoms with Gasteiger partial charge in [0.05, 0.1) is 5.48 Å². The molecule has 0 aliphatic heterocycles. The maximum absolute atomic E-state index is 8.10. The van der Waals surface area contributed by atoms with E-state index in [9.17, 15) is 0 Å². The van der Waals surface area contributed by atoms with Crippen LogP contribution >= 0.6 is 0 Å². The van der Waals surface area contributed by atoms with Gasteiger partial charge in [-0.05, 0) is 172 Å². The molecule has 0 aromatic heterocycles. The lowest BCUT2D eigenvalue weighted by atomic mass is 9.81. The number of benzene rings is 5. The van der Waals surface area contributed by atoms with Crippen molar-refractivity contribution in [2.75, 3.05) is 0 Å². The van der Waals surface area contributed by atoms with E-state index in [1.165, 1.54) is 81.3 Å². The van der Waals surface area contributed by atoms with Crippen LogP contribution in [0.4, 0.5) is 0 Å². The van der Waals surface area contributed by atoms with E-state index < -0.39 is 6.37 Å². The number of aryl methyl sites for hydroxylation is 6. The van der Waals surface area contributed by atoms with Crippen LogP contribution in [-0.2, 0) is 27.1 Å². The summed E-state index contributed by atoms with van der Waals surface area (Å²) < 4.78 is 47.2. The Hall–Kier alpha value is -3.90. The van der Waals surface area contributed by atoms with Gasteiger partial charge in [0.15, 0.2) is 0 Å². The molecular weight excluding hydrogens is 949 g/mol. The van der Waals surface area contributed by atoms with Gasteiger partial charge in [0.1, 0.15) is 0 Å². The molecule has 5 aromatic rings. The zero-order valence-electron chi connectivity index (χ0n) is 64.2. The Morgan fingerprint density at radius 2 is 0.709 bits per heavy atom. The van der Waals surface area contributed by atoms with Gasteiger partial charge in [-0.3, -0.25) is 0 Å². The molecule has 0 aliphatic rings. The molecule has 0 nitrogen and oxygen atoms in total. The fourth-order valence-corrected chi connectivity index (χ4v) is 10.7. The van der Waals surface area contributed by atoms with Crippen LogP contribution in [0.15, 0.2) is 109 Å². The Labute approximate surface area is 504 Å². The highest BCUT2D eigenvalue weighted by atomic mass is 14.3. The molecule has 0 aliphatic carbocycles. The normalized spacial score (nSPS) is 13.9. The minimum Gasteiger partial charge on any atom is -0.0654 e. The van der Waals surface area contributed by atoms with Crippen LogP contribution in [0, 0.1) is 71.1 Å². The SMILES string of the molecule is CCCC(CC)CC(C)(C)C.Cc1cccc(C)c1C(C)(C)C.Cc1cccc(C)c1C(C)(C)C.Cc1ccccc1C(C)(C)C.Cc1ccccc1C(C)(C)C.[2H]C([2H])(C(CC)CCC)C(C)(C)C.[2H]c1c([2H])c(C)c([2H])c(C(C)(C)C)c1[2H]. The third-order valence-corrected chi connectivity index (χ3v) is 13.8. The van der Waals surface area contributed by atoms with E-state index in [4.69, 9.17) is 8.22 Å². The fraction of sp³-hybridized carbons (Fsp3) is 0.620. The zero-order valence-corrected chi connectivity index (χ0v) is 58.2. The van der Waals surface area contributed by atoms with Crippen molar-refractivity contribution in [3.63, 3.8) is 0 Å². The van der Waals surface area contributed by atoms with E-state index in [1.807, 2.05) is 41.5 Å². The van der Waals surface area contributed by atoms with Gasteiger partial charge in [0.25, 0.3) is 0 Å². The van der Waals surface area contributed by atoms with Gasteiger partial charge in [-0.15, -0.1) is 0 Å². The van der Waals surface area contributed by atoms with Crippen molar-refractivity contribution in [3.8, 4) is 0 Å². The number of rotatable bonds is 8. The number of hydrogen-bond donors (Lipinski definition) is 0. The highest BCUT2D eigenvalue weighted by molar-refractivity contribution is 5.40. The first-order valence-corrected chi connectivity index (χ1v) is 30.7. The van der Waals surface area contributed by atoms with Crippen LogP contribution in [0.2, 0.25) is 0 Å². The molecule has 2 atom stereocenters. The van der Waals surface area contributed by atoms with Crippen molar-refractivity contribution in [2.45, 2.75) is 300 Å². The summed E-state index contributed by atoms with van der Waals surface area (Å²) in [6.45, 7) is 69.4. The maximum atomic E-state index is 8.10. The van der Waals surface area contributed by atoms with Crippen LogP contribution in [0.25, 0.3) is 0 Å². The first kappa shape index (κ1) is 65.9. The van der Waals surface area contributed by atoms with E-state index in [0.717, 1.165) is 25.2 Å². The second-order valence-electron chi connectivity index (χ2n) is 30.0. The molecule has 0 heterocycles. The molecule has 0 radical (unpaired) electrons. The molecule has 0 N–H and O–H groups in total. The molecule has 2 unspecified atom stereocenters. The molecule has 0 saturated heterocycles. The van der Waals surface area contributed by atoms with Gasteiger partial charge in [0, 0.05) is 2.74 Å². The predicted molar refractivity (Wildman–Crippen MR) is 364 cm³/mol. The van der Waals surface area contributed by atoms with Gasteiger partial charge in [-0.1, -0.05) is 326 Å². The molecule has 5 rings (SSSR count). The molecule has 0 heteroatoms. The molecule has 0 spiro atoms. The van der Waals surface area contributed by atoms with Crippen molar-refractivity contribution in [2.24, 2.45) is 22.7 Å². The Morgan fingerprint density at radius 1 is 0.380 bits per heavy atom. The third kappa shape index (κ3) is 34.2. The van der Waals surface area contributed by atoms with Crippen molar-refractivity contribution >= 4 is 0 Å². The molecule has 5 aromatic carbocycles. The summed E-state index contributed by atoms with van der Waals surface area (Å²) in [6, 6.07) is 30.3. The minimum absolute atomic E-state index is 0.00185. The van der Waals surface area contributed by atoms with Crippen LogP contribution in [-0.4, -0.2) is 0 Å². The summed E-state index contributed by atoms with van der Waals surface area (Å²) in [5.74, 6) is 1.16. The summed E-state index contributed by atoms with van der Waals surface area (Å²) in [5, 5.41) is 0. The lowest BCUT2D eigenvalue weighted by Gasteiger charge is -2.24. The fourth-order valence-electron chi connectivity index (χ4n) is 10.7. The predicted octanol–water partition coefficient (Wildman–Crippen LogP) is 25.6. The van der Waals surface area contributed by atoms with Gasteiger partial charge in [-0.25, -0.2) is 0 Å². The van der Waals surface area contributed by atoms with Crippen LogP contribution < -0.4 is 0 Å². The monoisotopic (exact) mass is 1090 g/mol. The van der Waals surface area contributed by atoms with E-state index in [-0.39, 0.29) is 62.6 Å². The minimum atomic E-state index is -1.04. The lowest BCUT2D eigenvalue weighted by molar-refractivity contribution is 0.275. The average Bonchev–Trinajstić information content (AvgIpc) is 3.33. The highest BCUT2D eigenvalue weighted by Gasteiger charge is 2.21. The second kappa shape index (κ2) is 35.2. The summed E-state index contributed by atoms with van der Waals surface area (Å²) >= 11 is 0. The molecule has 0 amide bonds.